The van der Waals surface area contributed by atoms with Gasteiger partial charge in [0.25, 0.3) is 0 Å². The van der Waals surface area contributed by atoms with Crippen molar-refractivity contribution in [1.82, 2.24) is 15.6 Å². The van der Waals surface area contributed by atoms with Crippen molar-refractivity contribution < 1.29 is 4.79 Å². The third-order valence-electron chi connectivity index (χ3n) is 3.75. The highest BCUT2D eigenvalue weighted by Gasteiger charge is 2.18. The van der Waals surface area contributed by atoms with Crippen LogP contribution in [-0.2, 0) is 24.3 Å². The van der Waals surface area contributed by atoms with E-state index < -0.39 is 6.04 Å². The van der Waals surface area contributed by atoms with Crippen LogP contribution in [0, 0.1) is 6.92 Å². The summed E-state index contributed by atoms with van der Waals surface area (Å²) in [5.41, 5.74) is 10.6. The molecule has 1 amide bonds. The first-order chi connectivity index (χ1) is 10.1. The molecule has 0 fully saturated rings. The SMILES string of the molecule is CCSC[C@H](N)C(=O)NCc1c(C)ncc2c1CCNC2. The fraction of sp³-hybridized carbons (Fsp3) is 0.600. The summed E-state index contributed by atoms with van der Waals surface area (Å²) in [6.07, 6.45) is 2.92. The van der Waals surface area contributed by atoms with Gasteiger partial charge in [0.2, 0.25) is 5.91 Å². The summed E-state index contributed by atoms with van der Waals surface area (Å²) >= 11 is 1.69. The maximum Gasteiger partial charge on any atom is 0.238 e. The van der Waals surface area contributed by atoms with Gasteiger partial charge in [0.15, 0.2) is 0 Å². The van der Waals surface area contributed by atoms with Gasteiger partial charge >= 0.3 is 0 Å². The molecule has 1 aromatic rings. The van der Waals surface area contributed by atoms with Crippen LogP contribution in [-0.4, -0.2) is 35.0 Å². The van der Waals surface area contributed by atoms with E-state index in [0.29, 0.717) is 12.3 Å². The molecular weight excluding hydrogens is 284 g/mol. The second-order valence-electron chi connectivity index (χ2n) is 5.24. The Hall–Kier alpha value is -1.11. The van der Waals surface area contributed by atoms with Crippen molar-refractivity contribution in [2.24, 2.45) is 5.73 Å². The lowest BCUT2D eigenvalue weighted by Gasteiger charge is -2.22. The van der Waals surface area contributed by atoms with Gasteiger partial charge in [-0.1, -0.05) is 6.92 Å². The highest BCUT2D eigenvalue weighted by molar-refractivity contribution is 7.99. The smallest absolute Gasteiger partial charge is 0.238 e. The Morgan fingerprint density at radius 3 is 3.19 bits per heavy atom. The summed E-state index contributed by atoms with van der Waals surface area (Å²) in [6, 6.07) is -0.440. The summed E-state index contributed by atoms with van der Waals surface area (Å²) in [7, 11) is 0. The van der Waals surface area contributed by atoms with E-state index in [9.17, 15) is 4.79 Å². The van der Waals surface area contributed by atoms with Crippen molar-refractivity contribution in [2.45, 2.75) is 39.4 Å². The molecule has 21 heavy (non-hydrogen) atoms. The molecule has 0 saturated carbocycles. The maximum absolute atomic E-state index is 12.0. The molecular formula is C15H24N4OS. The van der Waals surface area contributed by atoms with Crippen LogP contribution in [0.25, 0.3) is 0 Å². The molecule has 1 aromatic heterocycles. The molecule has 1 aliphatic heterocycles. The van der Waals surface area contributed by atoms with Crippen LogP contribution < -0.4 is 16.4 Å². The lowest BCUT2D eigenvalue weighted by atomic mass is 9.96. The van der Waals surface area contributed by atoms with Gasteiger partial charge in [-0.25, -0.2) is 0 Å². The summed E-state index contributed by atoms with van der Waals surface area (Å²) in [4.78, 5) is 16.5. The molecule has 5 nitrogen and oxygen atoms in total. The predicted molar refractivity (Wildman–Crippen MR) is 87.2 cm³/mol. The monoisotopic (exact) mass is 308 g/mol. The molecule has 0 aromatic carbocycles. The van der Waals surface area contributed by atoms with E-state index in [0.717, 1.165) is 36.5 Å². The Balaban J connectivity index is 2.01. The normalized spacial score (nSPS) is 15.4. The average Bonchev–Trinajstić information content (AvgIpc) is 2.51. The second kappa shape index (κ2) is 7.77. The molecule has 0 aliphatic carbocycles. The molecule has 0 unspecified atom stereocenters. The van der Waals surface area contributed by atoms with E-state index in [2.05, 4.69) is 22.5 Å². The topological polar surface area (TPSA) is 80.0 Å². The van der Waals surface area contributed by atoms with Crippen molar-refractivity contribution in [3.05, 3.63) is 28.6 Å². The van der Waals surface area contributed by atoms with Crippen molar-refractivity contribution in [2.75, 3.05) is 18.1 Å². The van der Waals surface area contributed by atoms with Gasteiger partial charge in [-0.3, -0.25) is 9.78 Å². The first-order valence-electron chi connectivity index (χ1n) is 7.41. The number of thioether (sulfide) groups is 1. The maximum atomic E-state index is 12.0. The first-order valence-corrected chi connectivity index (χ1v) is 8.57. The van der Waals surface area contributed by atoms with Gasteiger partial charge < -0.3 is 16.4 Å². The van der Waals surface area contributed by atoms with Crippen LogP contribution in [0.5, 0.6) is 0 Å². The minimum absolute atomic E-state index is 0.0816. The van der Waals surface area contributed by atoms with E-state index >= 15 is 0 Å². The Morgan fingerprint density at radius 2 is 2.43 bits per heavy atom. The Morgan fingerprint density at radius 1 is 1.62 bits per heavy atom. The second-order valence-corrected chi connectivity index (χ2v) is 6.56. The summed E-state index contributed by atoms with van der Waals surface area (Å²) in [5, 5.41) is 6.30. The number of pyridine rings is 1. The zero-order valence-electron chi connectivity index (χ0n) is 12.7. The number of aryl methyl sites for hydroxylation is 1. The fourth-order valence-corrected chi connectivity index (χ4v) is 3.15. The molecule has 1 atom stereocenters. The lowest BCUT2D eigenvalue weighted by Crippen LogP contribution is -2.42. The predicted octanol–water partition coefficient (Wildman–Crippen LogP) is 0.732. The molecule has 6 heteroatoms. The third kappa shape index (κ3) is 4.18. The van der Waals surface area contributed by atoms with Crippen LogP contribution in [0.2, 0.25) is 0 Å². The number of nitrogens with two attached hydrogens (primary N) is 1. The summed E-state index contributed by atoms with van der Waals surface area (Å²) in [5.74, 6) is 1.56. The quantitative estimate of drug-likeness (QED) is 0.722. The average molecular weight is 308 g/mol. The Bertz CT molecular complexity index is 507. The molecule has 0 radical (unpaired) electrons. The van der Waals surface area contributed by atoms with E-state index in [-0.39, 0.29) is 5.91 Å². The number of nitrogens with one attached hydrogen (secondary N) is 2. The van der Waals surface area contributed by atoms with E-state index in [4.69, 9.17) is 5.73 Å². The molecule has 0 spiro atoms. The highest BCUT2D eigenvalue weighted by Crippen LogP contribution is 2.20. The Labute approximate surface area is 130 Å². The van der Waals surface area contributed by atoms with Gasteiger partial charge in [0.1, 0.15) is 0 Å². The molecule has 2 heterocycles. The lowest BCUT2D eigenvalue weighted by molar-refractivity contribution is -0.122. The van der Waals surface area contributed by atoms with Crippen LogP contribution >= 0.6 is 11.8 Å². The number of hydrogen-bond donors (Lipinski definition) is 3. The zero-order chi connectivity index (χ0) is 15.2. The molecule has 0 saturated heterocycles. The van der Waals surface area contributed by atoms with Crippen molar-refractivity contribution >= 4 is 17.7 Å². The number of carbonyl (C=O) groups is 1. The molecule has 116 valence electrons. The molecule has 4 N–H and O–H groups in total. The largest absolute Gasteiger partial charge is 0.351 e. The Kier molecular flexibility index (Phi) is 6.02. The summed E-state index contributed by atoms with van der Waals surface area (Å²) < 4.78 is 0. The number of amides is 1. The minimum Gasteiger partial charge on any atom is -0.351 e. The van der Waals surface area contributed by atoms with Crippen molar-refractivity contribution in [1.29, 1.82) is 0 Å². The van der Waals surface area contributed by atoms with Gasteiger partial charge in [-0.15, -0.1) is 0 Å². The van der Waals surface area contributed by atoms with E-state index in [1.165, 1.54) is 11.1 Å². The number of fused-ring (bicyclic) bond motifs is 1. The number of nitrogens with zero attached hydrogens (tertiary/aromatic N) is 1. The van der Waals surface area contributed by atoms with Gasteiger partial charge in [-0.05, 0) is 42.3 Å². The van der Waals surface area contributed by atoms with Crippen molar-refractivity contribution in [3.63, 3.8) is 0 Å². The fourth-order valence-electron chi connectivity index (χ4n) is 2.50. The van der Waals surface area contributed by atoms with E-state index in [1.54, 1.807) is 11.8 Å². The molecule has 1 aliphatic rings. The van der Waals surface area contributed by atoms with Gasteiger partial charge in [-0.2, -0.15) is 11.8 Å². The van der Waals surface area contributed by atoms with Crippen LogP contribution in [0.1, 0.15) is 29.3 Å². The van der Waals surface area contributed by atoms with Gasteiger partial charge in [0.05, 0.1) is 6.04 Å². The number of hydrogen-bond acceptors (Lipinski definition) is 5. The van der Waals surface area contributed by atoms with Crippen LogP contribution in [0.15, 0.2) is 6.20 Å². The summed E-state index contributed by atoms with van der Waals surface area (Å²) in [6.45, 7) is 6.41. The number of carbonyl (C=O) groups excluding carboxylic acids is 1. The van der Waals surface area contributed by atoms with Crippen molar-refractivity contribution in [3.8, 4) is 0 Å². The number of rotatable bonds is 6. The first kappa shape index (κ1) is 16.3. The third-order valence-corrected chi connectivity index (χ3v) is 4.75. The highest BCUT2D eigenvalue weighted by atomic mass is 32.2. The van der Waals surface area contributed by atoms with Crippen LogP contribution in [0.3, 0.4) is 0 Å². The minimum atomic E-state index is -0.440. The van der Waals surface area contributed by atoms with E-state index in [1.807, 2.05) is 13.1 Å². The van der Waals surface area contributed by atoms with Crippen LogP contribution in [0.4, 0.5) is 0 Å². The zero-order valence-corrected chi connectivity index (χ0v) is 13.6. The molecule has 2 rings (SSSR count). The number of aromatic nitrogens is 1. The van der Waals surface area contributed by atoms with Gasteiger partial charge in [0, 0.05) is 30.7 Å². The standard InChI is InChI=1S/C15H24N4OS/c1-3-21-9-14(16)15(20)19-8-13-10(2)18-7-11-6-17-5-4-12(11)13/h7,14,17H,3-6,8-9,16H2,1-2H3,(H,19,20)/t14-/m0/s1. The molecule has 0 bridgehead atoms.